The van der Waals surface area contributed by atoms with E-state index in [1.54, 1.807) is 12.4 Å². The van der Waals surface area contributed by atoms with Crippen molar-refractivity contribution in [1.29, 1.82) is 0 Å². The monoisotopic (exact) mass is 616 g/mol. The summed E-state index contributed by atoms with van der Waals surface area (Å²) in [6, 6.07) is 22.7. The van der Waals surface area contributed by atoms with Crippen LogP contribution in [0.5, 0.6) is 0 Å². The second kappa shape index (κ2) is 12.2. The van der Waals surface area contributed by atoms with Gasteiger partial charge in [-0.3, -0.25) is 9.59 Å². The Kier molecular flexibility index (Phi) is 7.94. The highest BCUT2D eigenvalue weighted by atomic mass is 16.3. The van der Waals surface area contributed by atoms with E-state index in [1.807, 2.05) is 42.3 Å². The summed E-state index contributed by atoms with van der Waals surface area (Å²) in [7, 11) is 1.92. The molecule has 2 aromatic heterocycles. The summed E-state index contributed by atoms with van der Waals surface area (Å²) < 4.78 is 1.51. The highest BCUT2D eigenvalue weighted by Gasteiger charge is 2.39. The van der Waals surface area contributed by atoms with Gasteiger partial charge in [0.2, 0.25) is 11.6 Å². The molecule has 7 rings (SSSR count). The Morgan fingerprint density at radius 1 is 1.09 bits per heavy atom. The zero-order chi connectivity index (χ0) is 31.8. The van der Waals surface area contributed by atoms with Gasteiger partial charge in [0.15, 0.2) is 5.82 Å². The molecule has 9 nitrogen and oxygen atoms in total. The average molecular weight is 617 g/mol. The number of carbonyl (C=O) groups excluding carboxylic acids is 1. The SMILES string of the molecule is CNc1ccccc1-c1cc(-c2nn3ccnc3c(=O)[nH]2)cc2c1CCC2CC1(O)CCN(C(=O)C[C@@H](C)c2ccccc2)CC1. The van der Waals surface area contributed by atoms with Gasteiger partial charge < -0.3 is 20.3 Å². The third kappa shape index (κ3) is 5.71. The van der Waals surface area contributed by atoms with Gasteiger partial charge in [-0.2, -0.15) is 0 Å². The number of nitrogens with one attached hydrogen (secondary N) is 2. The molecule has 1 aliphatic heterocycles. The molecular weight excluding hydrogens is 576 g/mol. The number of hydrogen-bond acceptors (Lipinski definition) is 6. The van der Waals surface area contributed by atoms with Gasteiger partial charge in [-0.05, 0) is 84.4 Å². The van der Waals surface area contributed by atoms with E-state index in [2.05, 4.69) is 63.7 Å². The lowest BCUT2D eigenvalue weighted by molar-refractivity contribution is -0.136. The van der Waals surface area contributed by atoms with E-state index in [0.717, 1.165) is 35.2 Å². The van der Waals surface area contributed by atoms with Crippen LogP contribution >= 0.6 is 0 Å². The molecule has 5 aromatic rings. The highest BCUT2D eigenvalue weighted by molar-refractivity contribution is 5.84. The van der Waals surface area contributed by atoms with Crippen molar-refractivity contribution in [2.24, 2.45) is 0 Å². The minimum absolute atomic E-state index is 0.143. The first-order valence-electron chi connectivity index (χ1n) is 16.2. The van der Waals surface area contributed by atoms with Crippen molar-refractivity contribution >= 4 is 17.2 Å². The fourth-order valence-electron chi connectivity index (χ4n) is 7.43. The summed E-state index contributed by atoms with van der Waals surface area (Å²) in [5.74, 6) is 0.921. The summed E-state index contributed by atoms with van der Waals surface area (Å²) in [5, 5.41) is 19.9. The molecule has 1 amide bonds. The molecule has 3 heterocycles. The normalized spacial score (nSPS) is 18.0. The molecular formula is C37H40N6O3. The summed E-state index contributed by atoms with van der Waals surface area (Å²) in [6.07, 6.45) is 7.29. The van der Waals surface area contributed by atoms with Crippen LogP contribution < -0.4 is 10.9 Å². The third-order valence-electron chi connectivity index (χ3n) is 10.0. The van der Waals surface area contributed by atoms with Gasteiger partial charge in [-0.25, -0.2) is 9.50 Å². The maximum Gasteiger partial charge on any atom is 0.294 e. The van der Waals surface area contributed by atoms with E-state index in [9.17, 15) is 14.7 Å². The number of carbonyl (C=O) groups is 1. The maximum absolute atomic E-state index is 13.2. The molecule has 0 saturated carbocycles. The van der Waals surface area contributed by atoms with Gasteiger partial charge in [-0.15, -0.1) is 5.10 Å². The number of anilines is 1. The zero-order valence-electron chi connectivity index (χ0n) is 26.4. The van der Waals surface area contributed by atoms with Crippen molar-refractivity contribution in [2.45, 2.75) is 62.9 Å². The van der Waals surface area contributed by atoms with E-state index >= 15 is 0 Å². The molecule has 1 fully saturated rings. The van der Waals surface area contributed by atoms with Crippen LogP contribution in [0.2, 0.25) is 0 Å². The zero-order valence-corrected chi connectivity index (χ0v) is 26.4. The van der Waals surface area contributed by atoms with Crippen LogP contribution in [0.4, 0.5) is 5.69 Å². The van der Waals surface area contributed by atoms with E-state index in [1.165, 1.54) is 21.2 Å². The van der Waals surface area contributed by atoms with Gasteiger partial charge in [0.05, 0.1) is 5.60 Å². The molecule has 1 unspecified atom stereocenters. The highest BCUT2D eigenvalue weighted by Crippen LogP contribution is 2.47. The minimum atomic E-state index is -0.852. The van der Waals surface area contributed by atoms with Crippen LogP contribution in [0, 0.1) is 0 Å². The minimum Gasteiger partial charge on any atom is -0.390 e. The number of piperidine rings is 1. The van der Waals surface area contributed by atoms with Crippen LogP contribution in [0.25, 0.3) is 28.2 Å². The number of benzene rings is 3. The second-order valence-corrected chi connectivity index (χ2v) is 12.9. The fourth-order valence-corrected chi connectivity index (χ4v) is 7.43. The average Bonchev–Trinajstić information content (AvgIpc) is 3.72. The Hall–Kier alpha value is -4.76. The van der Waals surface area contributed by atoms with Crippen molar-refractivity contribution in [3.8, 4) is 22.5 Å². The number of fused-ring (bicyclic) bond motifs is 2. The van der Waals surface area contributed by atoms with Crippen LogP contribution in [-0.4, -0.2) is 61.2 Å². The Bertz CT molecular complexity index is 1940. The van der Waals surface area contributed by atoms with Crippen molar-refractivity contribution in [3.63, 3.8) is 0 Å². The summed E-state index contributed by atoms with van der Waals surface area (Å²) >= 11 is 0. The number of likely N-dealkylation sites (tertiary alicyclic amines) is 1. The number of para-hydroxylation sites is 1. The smallest absolute Gasteiger partial charge is 0.294 e. The van der Waals surface area contributed by atoms with E-state index in [0.29, 0.717) is 44.6 Å². The van der Waals surface area contributed by atoms with E-state index in [4.69, 9.17) is 0 Å². The molecule has 3 N–H and O–H groups in total. The third-order valence-corrected chi connectivity index (χ3v) is 10.0. The fraction of sp³-hybridized carbons (Fsp3) is 0.351. The lowest BCUT2D eigenvalue weighted by atomic mass is 9.80. The Morgan fingerprint density at radius 2 is 1.85 bits per heavy atom. The quantitative estimate of drug-likeness (QED) is 0.204. The molecule has 3 aromatic carbocycles. The number of aromatic nitrogens is 4. The predicted molar refractivity (Wildman–Crippen MR) is 180 cm³/mol. The Balaban J connectivity index is 1.15. The summed E-state index contributed by atoms with van der Waals surface area (Å²) in [5.41, 5.74) is 6.78. The van der Waals surface area contributed by atoms with Gasteiger partial charge in [0.25, 0.3) is 5.56 Å². The molecule has 0 bridgehead atoms. The number of aliphatic hydroxyl groups is 1. The first-order chi connectivity index (χ1) is 22.3. The van der Waals surface area contributed by atoms with Crippen LogP contribution in [0.1, 0.15) is 67.6 Å². The molecule has 1 aliphatic carbocycles. The van der Waals surface area contributed by atoms with Crippen LogP contribution in [0.3, 0.4) is 0 Å². The number of aromatic amines is 1. The topological polar surface area (TPSA) is 116 Å². The first kappa shape index (κ1) is 29.9. The van der Waals surface area contributed by atoms with Crippen LogP contribution in [0.15, 0.2) is 83.9 Å². The Labute approximate surface area is 268 Å². The van der Waals surface area contributed by atoms with Gasteiger partial charge in [0, 0.05) is 55.8 Å². The van der Waals surface area contributed by atoms with E-state index in [-0.39, 0.29) is 28.9 Å². The summed E-state index contributed by atoms with van der Waals surface area (Å²) in [6.45, 7) is 3.22. The summed E-state index contributed by atoms with van der Waals surface area (Å²) in [4.78, 5) is 35.0. The molecule has 2 atom stereocenters. The standard InChI is InChI=1S/C37H40N6O3/c1-24(25-8-4-3-5-9-25)20-33(44)42-17-14-37(46,15-18-42)23-26-12-13-28-30(26)21-27(22-31(28)29-10-6-7-11-32(29)38-2)34-40-36(45)35-39-16-19-43(35)41-34/h3-11,16,19,21-22,24,26,38,46H,12-15,17-18,20,23H2,1-2H3,(H,40,41,45)/t24-,26?/m1/s1. The molecule has 9 heteroatoms. The van der Waals surface area contributed by atoms with Crippen molar-refractivity contribution in [3.05, 3.63) is 106 Å². The van der Waals surface area contributed by atoms with Crippen molar-refractivity contribution < 1.29 is 9.90 Å². The number of imidazole rings is 1. The van der Waals surface area contributed by atoms with E-state index < -0.39 is 5.60 Å². The molecule has 1 saturated heterocycles. The second-order valence-electron chi connectivity index (χ2n) is 12.9. The number of nitrogens with zero attached hydrogens (tertiary/aromatic N) is 4. The maximum atomic E-state index is 13.2. The lowest BCUT2D eigenvalue weighted by Gasteiger charge is -2.40. The Morgan fingerprint density at radius 3 is 2.63 bits per heavy atom. The number of H-pyrrole nitrogens is 1. The van der Waals surface area contributed by atoms with Crippen molar-refractivity contribution in [2.75, 3.05) is 25.5 Å². The van der Waals surface area contributed by atoms with Crippen molar-refractivity contribution in [1.82, 2.24) is 24.5 Å². The molecule has 2 aliphatic rings. The molecule has 46 heavy (non-hydrogen) atoms. The number of amides is 1. The largest absolute Gasteiger partial charge is 0.390 e. The van der Waals surface area contributed by atoms with Gasteiger partial charge in [-0.1, -0.05) is 55.5 Å². The van der Waals surface area contributed by atoms with Gasteiger partial charge >= 0.3 is 0 Å². The first-order valence-corrected chi connectivity index (χ1v) is 16.2. The molecule has 0 radical (unpaired) electrons. The van der Waals surface area contributed by atoms with Gasteiger partial charge in [0.1, 0.15) is 0 Å². The van der Waals surface area contributed by atoms with Crippen LogP contribution in [-0.2, 0) is 11.2 Å². The lowest BCUT2D eigenvalue weighted by Crippen LogP contribution is -2.47. The molecule has 236 valence electrons. The number of rotatable bonds is 8. The predicted octanol–water partition coefficient (Wildman–Crippen LogP) is 5.76. The number of hydrogen-bond donors (Lipinski definition) is 3. The molecule has 0 spiro atoms.